The van der Waals surface area contributed by atoms with Crippen molar-refractivity contribution in [3.05, 3.63) is 54.4 Å². The highest BCUT2D eigenvalue weighted by Crippen LogP contribution is 2.23. The van der Waals surface area contributed by atoms with Gasteiger partial charge in [0.1, 0.15) is 24.7 Å². The summed E-state index contributed by atoms with van der Waals surface area (Å²) in [4.78, 5) is 15.8. The van der Waals surface area contributed by atoms with Crippen LogP contribution >= 0.6 is 0 Å². The minimum Gasteiger partial charge on any atom is -0.490 e. The summed E-state index contributed by atoms with van der Waals surface area (Å²) in [5.41, 5.74) is 4.29. The molecule has 0 aliphatic carbocycles. The van der Waals surface area contributed by atoms with Crippen molar-refractivity contribution in [3.63, 3.8) is 0 Å². The number of rotatable bonds is 11. The summed E-state index contributed by atoms with van der Waals surface area (Å²) in [7, 11) is 0. The largest absolute Gasteiger partial charge is 0.490 e. The molecule has 0 aliphatic rings. The fourth-order valence-electron chi connectivity index (χ4n) is 2.82. The number of benzene rings is 1. The molecule has 0 unspecified atom stereocenters. The number of carboxylic acid groups (broad SMARTS) is 1. The lowest BCUT2D eigenvalue weighted by atomic mass is 9.84. The molecule has 0 fully saturated rings. The molecule has 7 heteroatoms. The number of aromatic nitrogens is 1. The van der Waals surface area contributed by atoms with E-state index < -0.39 is 17.6 Å². The Balaban J connectivity index is 1.96. The highest BCUT2D eigenvalue weighted by molar-refractivity contribution is 5.78. The molecule has 0 bridgehead atoms. The van der Waals surface area contributed by atoms with Gasteiger partial charge in [-0.1, -0.05) is 32.0 Å². The third-order valence-electron chi connectivity index (χ3n) is 4.31. The van der Waals surface area contributed by atoms with E-state index in [1.807, 2.05) is 44.2 Å². The van der Waals surface area contributed by atoms with E-state index in [4.69, 9.17) is 15.2 Å². The van der Waals surface area contributed by atoms with E-state index in [-0.39, 0.29) is 12.3 Å². The van der Waals surface area contributed by atoms with Gasteiger partial charge in [-0.2, -0.15) is 0 Å². The highest BCUT2D eigenvalue weighted by Gasteiger charge is 2.43. The van der Waals surface area contributed by atoms with Gasteiger partial charge in [-0.05, 0) is 30.5 Å². The zero-order valence-corrected chi connectivity index (χ0v) is 16.2. The van der Waals surface area contributed by atoms with Crippen LogP contribution in [-0.4, -0.2) is 46.0 Å². The molecular weight excluding hydrogens is 360 g/mol. The minimum absolute atomic E-state index is 0.160. The third kappa shape index (κ3) is 6.21. The first-order valence-corrected chi connectivity index (χ1v) is 9.28. The van der Waals surface area contributed by atoms with Crippen LogP contribution < -0.4 is 15.2 Å². The molecule has 1 aromatic heterocycles. The lowest BCUT2D eigenvalue weighted by Crippen LogP contribution is -2.56. The molecule has 28 heavy (non-hydrogen) atoms. The molecule has 4 N–H and O–H groups in total. The predicted molar refractivity (Wildman–Crippen MR) is 105 cm³/mol. The van der Waals surface area contributed by atoms with Gasteiger partial charge in [0, 0.05) is 30.4 Å². The molecule has 7 nitrogen and oxygen atoms in total. The topological polar surface area (TPSA) is 115 Å². The molecule has 1 heterocycles. The minimum atomic E-state index is -2.09. The Morgan fingerprint density at radius 2 is 1.79 bits per heavy atom. The Morgan fingerprint density at radius 1 is 1.14 bits per heavy atom. The molecule has 0 radical (unpaired) electrons. The van der Waals surface area contributed by atoms with Crippen LogP contribution in [0.25, 0.3) is 0 Å². The van der Waals surface area contributed by atoms with Gasteiger partial charge in [0.2, 0.25) is 0 Å². The monoisotopic (exact) mass is 388 g/mol. The summed E-state index contributed by atoms with van der Waals surface area (Å²) >= 11 is 0. The van der Waals surface area contributed by atoms with Crippen LogP contribution in [0.15, 0.2) is 48.7 Å². The number of pyridine rings is 1. The molecule has 2 aromatic rings. The van der Waals surface area contributed by atoms with Crippen molar-refractivity contribution < 1.29 is 24.5 Å². The highest BCUT2D eigenvalue weighted by atomic mass is 16.5. The van der Waals surface area contributed by atoms with Crippen LogP contribution in [0, 0.1) is 5.92 Å². The Hall–Kier alpha value is -2.64. The Bertz CT molecular complexity index is 753. The molecular formula is C21H28N2O5. The zero-order chi connectivity index (χ0) is 20.6. The average molecular weight is 388 g/mol. The predicted octanol–water partition coefficient (Wildman–Crippen LogP) is 2.27. The van der Waals surface area contributed by atoms with Gasteiger partial charge >= 0.3 is 5.97 Å². The van der Waals surface area contributed by atoms with Crippen LogP contribution in [0.5, 0.6) is 11.5 Å². The molecule has 0 saturated carbocycles. The molecule has 0 amide bonds. The first-order chi connectivity index (χ1) is 13.3. The number of ether oxygens (including phenoxy) is 2. The van der Waals surface area contributed by atoms with E-state index in [0.717, 1.165) is 5.75 Å². The fraction of sp³-hybridized carbons (Fsp3) is 0.429. The van der Waals surface area contributed by atoms with Crippen molar-refractivity contribution in [1.29, 1.82) is 0 Å². The summed E-state index contributed by atoms with van der Waals surface area (Å²) in [6, 6.07) is 11.8. The molecule has 2 rings (SSSR count). The van der Waals surface area contributed by atoms with E-state index in [0.29, 0.717) is 31.1 Å². The number of carbonyl (C=O) groups is 1. The molecule has 152 valence electrons. The Labute approximate surface area is 165 Å². The second-order valence-electron chi connectivity index (χ2n) is 7.14. The number of hydrogen-bond acceptors (Lipinski definition) is 6. The van der Waals surface area contributed by atoms with Crippen LogP contribution in [0.1, 0.15) is 26.0 Å². The maximum Gasteiger partial charge on any atom is 0.337 e. The lowest BCUT2D eigenvalue weighted by Gasteiger charge is -2.30. The quantitative estimate of drug-likeness (QED) is 0.506. The van der Waals surface area contributed by atoms with Crippen LogP contribution in [0.2, 0.25) is 0 Å². The normalized spacial score (nSPS) is 14.3. The maximum absolute atomic E-state index is 11.7. The van der Waals surface area contributed by atoms with Crippen molar-refractivity contribution in [2.75, 3.05) is 13.2 Å². The number of aliphatic carboxylic acids is 1. The van der Waals surface area contributed by atoms with E-state index in [1.54, 1.807) is 12.1 Å². The van der Waals surface area contributed by atoms with Gasteiger partial charge in [0.25, 0.3) is 0 Å². The first kappa shape index (κ1) is 21.7. The van der Waals surface area contributed by atoms with Crippen LogP contribution in [-0.2, 0) is 11.2 Å². The Morgan fingerprint density at radius 3 is 2.39 bits per heavy atom. The molecule has 2 atom stereocenters. The third-order valence-corrected chi connectivity index (χ3v) is 4.31. The molecule has 0 spiro atoms. The van der Waals surface area contributed by atoms with Gasteiger partial charge in [-0.25, -0.2) is 4.79 Å². The smallest absolute Gasteiger partial charge is 0.337 e. The second kappa shape index (κ2) is 10.1. The molecule has 1 aromatic carbocycles. The van der Waals surface area contributed by atoms with E-state index >= 15 is 0 Å². The number of hydrogen-bond donors (Lipinski definition) is 3. The van der Waals surface area contributed by atoms with Crippen molar-refractivity contribution in [1.82, 2.24) is 4.98 Å². The summed E-state index contributed by atoms with van der Waals surface area (Å²) in [6.07, 6.45) is 1.70. The van der Waals surface area contributed by atoms with Gasteiger partial charge in [0.15, 0.2) is 5.60 Å². The van der Waals surface area contributed by atoms with Crippen molar-refractivity contribution in [3.8, 4) is 11.5 Å². The maximum atomic E-state index is 11.7. The lowest BCUT2D eigenvalue weighted by molar-refractivity contribution is -0.161. The van der Waals surface area contributed by atoms with Gasteiger partial charge in [-0.3, -0.25) is 4.98 Å². The summed E-state index contributed by atoms with van der Waals surface area (Å²) in [6.45, 7) is 4.52. The Kier molecular flexibility index (Phi) is 7.78. The summed E-state index contributed by atoms with van der Waals surface area (Å²) in [5.74, 6) is 0.0807. The molecule has 0 saturated heterocycles. The van der Waals surface area contributed by atoms with Crippen molar-refractivity contribution in [2.24, 2.45) is 11.7 Å². The summed E-state index contributed by atoms with van der Waals surface area (Å²) < 4.78 is 11.2. The van der Waals surface area contributed by atoms with Crippen LogP contribution in [0.4, 0.5) is 0 Å². The average Bonchev–Trinajstić information content (AvgIpc) is 2.65. The van der Waals surface area contributed by atoms with Gasteiger partial charge in [0.05, 0.1) is 0 Å². The zero-order valence-electron chi connectivity index (χ0n) is 16.2. The van der Waals surface area contributed by atoms with E-state index in [1.165, 1.54) is 6.20 Å². The number of aliphatic hydroxyl groups is 1. The number of para-hydroxylation sites is 1. The standard InChI is InChI=1S/C21H28N2O5/c1-15(2)12-19(22)21(26,20(24)25)14-16-13-18(8-9-23-16)28-11-10-27-17-6-4-3-5-7-17/h3-9,13,15,19,26H,10-12,14,22H2,1-2H3,(H,24,25)/t19-,21+/m0/s1. The van der Waals surface area contributed by atoms with Crippen molar-refractivity contribution in [2.45, 2.75) is 38.3 Å². The SMILES string of the molecule is CC(C)C[C@H](N)[C@](O)(Cc1cc(OCCOc2ccccc2)ccn1)C(=O)O. The van der Waals surface area contributed by atoms with E-state index in [2.05, 4.69) is 4.98 Å². The number of nitrogens with two attached hydrogens (primary N) is 1. The number of nitrogens with zero attached hydrogens (tertiary/aromatic N) is 1. The van der Waals surface area contributed by atoms with Gasteiger partial charge in [-0.15, -0.1) is 0 Å². The first-order valence-electron chi connectivity index (χ1n) is 9.28. The van der Waals surface area contributed by atoms with Crippen molar-refractivity contribution >= 4 is 5.97 Å². The second-order valence-corrected chi connectivity index (χ2v) is 7.14. The van der Waals surface area contributed by atoms with Gasteiger partial charge < -0.3 is 25.4 Å². The number of carboxylic acids is 1. The molecule has 0 aliphatic heterocycles. The van der Waals surface area contributed by atoms with E-state index in [9.17, 15) is 15.0 Å². The van der Waals surface area contributed by atoms with Crippen LogP contribution in [0.3, 0.4) is 0 Å². The fourth-order valence-corrected chi connectivity index (χ4v) is 2.82. The summed E-state index contributed by atoms with van der Waals surface area (Å²) in [5, 5.41) is 20.2.